The highest BCUT2D eigenvalue weighted by Crippen LogP contribution is 2.20. The summed E-state index contributed by atoms with van der Waals surface area (Å²) in [7, 11) is 0. The van der Waals surface area contributed by atoms with Crippen LogP contribution in [0, 0.1) is 6.92 Å². The van der Waals surface area contributed by atoms with E-state index < -0.39 is 0 Å². The van der Waals surface area contributed by atoms with Crippen LogP contribution in [0.25, 0.3) is 0 Å². The number of nitrogens with zero attached hydrogens (tertiary/aromatic N) is 2. The van der Waals surface area contributed by atoms with Crippen molar-refractivity contribution in [3.63, 3.8) is 0 Å². The monoisotopic (exact) mass is 372 g/mol. The number of nitrogens with one attached hydrogen (secondary N) is 2. The van der Waals surface area contributed by atoms with Crippen molar-refractivity contribution in [3.8, 4) is 0 Å². The quantitative estimate of drug-likeness (QED) is 0.600. The summed E-state index contributed by atoms with van der Waals surface area (Å²) in [4.78, 5) is 8.94. The SMILES string of the molecule is Cc1cc(Nc2cccc(Cl)c2)nc(NCCc2ccc(Cl)cc2)n1. The highest BCUT2D eigenvalue weighted by Gasteiger charge is 2.03. The largest absolute Gasteiger partial charge is 0.354 e. The molecule has 0 aliphatic heterocycles. The van der Waals surface area contributed by atoms with E-state index in [1.165, 1.54) is 5.56 Å². The van der Waals surface area contributed by atoms with E-state index in [-0.39, 0.29) is 0 Å². The number of hydrogen-bond donors (Lipinski definition) is 2. The molecule has 0 saturated carbocycles. The van der Waals surface area contributed by atoms with Crippen LogP contribution in [0.2, 0.25) is 10.0 Å². The molecule has 4 nitrogen and oxygen atoms in total. The summed E-state index contributed by atoms with van der Waals surface area (Å²) in [6.07, 6.45) is 0.867. The molecule has 0 bridgehead atoms. The average Bonchev–Trinajstić information content (AvgIpc) is 2.56. The Balaban J connectivity index is 1.63. The van der Waals surface area contributed by atoms with E-state index in [9.17, 15) is 0 Å². The van der Waals surface area contributed by atoms with Gasteiger partial charge in [0.1, 0.15) is 5.82 Å². The zero-order chi connectivity index (χ0) is 17.6. The van der Waals surface area contributed by atoms with Gasteiger partial charge in [-0.3, -0.25) is 0 Å². The topological polar surface area (TPSA) is 49.8 Å². The van der Waals surface area contributed by atoms with Gasteiger partial charge >= 0.3 is 0 Å². The Morgan fingerprint density at radius 2 is 1.72 bits per heavy atom. The van der Waals surface area contributed by atoms with Gasteiger partial charge in [-0.15, -0.1) is 0 Å². The van der Waals surface area contributed by atoms with Crippen LogP contribution in [0.1, 0.15) is 11.3 Å². The van der Waals surface area contributed by atoms with E-state index in [4.69, 9.17) is 23.2 Å². The van der Waals surface area contributed by atoms with Crippen molar-refractivity contribution >= 4 is 40.7 Å². The van der Waals surface area contributed by atoms with Crippen molar-refractivity contribution in [2.75, 3.05) is 17.2 Å². The first-order valence-electron chi connectivity index (χ1n) is 7.95. The van der Waals surface area contributed by atoms with Crippen LogP contribution in [0.4, 0.5) is 17.5 Å². The lowest BCUT2D eigenvalue weighted by Crippen LogP contribution is -2.09. The molecule has 1 aromatic heterocycles. The minimum atomic E-state index is 0.596. The molecular formula is C19H18Cl2N4. The maximum atomic E-state index is 6.02. The molecule has 3 aromatic rings. The van der Waals surface area contributed by atoms with Crippen LogP contribution in [0.15, 0.2) is 54.6 Å². The van der Waals surface area contributed by atoms with Gasteiger partial charge in [0.15, 0.2) is 0 Å². The fourth-order valence-corrected chi connectivity index (χ4v) is 2.71. The number of aromatic nitrogens is 2. The Morgan fingerprint density at radius 3 is 2.48 bits per heavy atom. The molecule has 2 aromatic carbocycles. The highest BCUT2D eigenvalue weighted by atomic mass is 35.5. The molecule has 0 aliphatic carbocycles. The van der Waals surface area contributed by atoms with Gasteiger partial charge in [0.25, 0.3) is 0 Å². The van der Waals surface area contributed by atoms with Gasteiger partial charge in [0.2, 0.25) is 5.95 Å². The Hall–Kier alpha value is -2.30. The maximum absolute atomic E-state index is 6.02. The van der Waals surface area contributed by atoms with Crippen LogP contribution in [-0.2, 0) is 6.42 Å². The van der Waals surface area contributed by atoms with Crippen molar-refractivity contribution in [1.82, 2.24) is 9.97 Å². The third kappa shape index (κ3) is 5.34. The Kier molecular flexibility index (Phi) is 5.74. The molecular weight excluding hydrogens is 355 g/mol. The van der Waals surface area contributed by atoms with Crippen molar-refractivity contribution in [2.45, 2.75) is 13.3 Å². The zero-order valence-corrected chi connectivity index (χ0v) is 15.3. The third-order valence-corrected chi connectivity index (χ3v) is 4.05. The van der Waals surface area contributed by atoms with E-state index in [0.717, 1.165) is 35.2 Å². The maximum Gasteiger partial charge on any atom is 0.224 e. The molecule has 0 atom stereocenters. The number of hydrogen-bond acceptors (Lipinski definition) is 4. The summed E-state index contributed by atoms with van der Waals surface area (Å²) in [6, 6.07) is 17.3. The van der Waals surface area contributed by atoms with Crippen molar-refractivity contribution < 1.29 is 0 Å². The summed E-state index contributed by atoms with van der Waals surface area (Å²) in [5, 5.41) is 7.94. The van der Waals surface area contributed by atoms with Crippen molar-refractivity contribution in [3.05, 3.63) is 75.9 Å². The number of anilines is 3. The lowest BCUT2D eigenvalue weighted by atomic mass is 10.1. The first-order valence-corrected chi connectivity index (χ1v) is 8.71. The second-order valence-corrected chi connectivity index (χ2v) is 6.53. The second-order valence-electron chi connectivity index (χ2n) is 5.66. The third-order valence-electron chi connectivity index (χ3n) is 3.56. The Labute approximate surface area is 157 Å². The number of halogens is 2. The van der Waals surface area contributed by atoms with Crippen LogP contribution in [0.5, 0.6) is 0 Å². The fraction of sp³-hybridized carbons (Fsp3) is 0.158. The molecule has 0 amide bonds. The fourth-order valence-electron chi connectivity index (χ4n) is 2.40. The van der Waals surface area contributed by atoms with E-state index in [2.05, 4.69) is 20.6 Å². The average molecular weight is 373 g/mol. The molecule has 128 valence electrons. The molecule has 0 unspecified atom stereocenters. The summed E-state index contributed by atoms with van der Waals surface area (Å²) in [5.41, 5.74) is 2.98. The molecule has 25 heavy (non-hydrogen) atoms. The minimum Gasteiger partial charge on any atom is -0.354 e. The molecule has 0 aliphatic rings. The van der Waals surface area contributed by atoms with E-state index in [0.29, 0.717) is 11.0 Å². The van der Waals surface area contributed by atoms with Gasteiger partial charge in [-0.05, 0) is 49.2 Å². The molecule has 2 N–H and O–H groups in total. The first kappa shape index (κ1) is 17.5. The second kappa shape index (κ2) is 8.19. The van der Waals surface area contributed by atoms with Crippen molar-refractivity contribution in [2.24, 2.45) is 0 Å². The molecule has 6 heteroatoms. The summed E-state index contributed by atoms with van der Waals surface area (Å²) >= 11 is 11.9. The van der Waals surface area contributed by atoms with Crippen LogP contribution in [-0.4, -0.2) is 16.5 Å². The van der Waals surface area contributed by atoms with E-state index in [1.807, 2.05) is 61.5 Å². The summed E-state index contributed by atoms with van der Waals surface area (Å²) in [6.45, 7) is 2.68. The predicted molar refractivity (Wildman–Crippen MR) is 105 cm³/mol. The van der Waals surface area contributed by atoms with E-state index >= 15 is 0 Å². The number of benzene rings is 2. The van der Waals surface area contributed by atoms with Gasteiger partial charge in [-0.1, -0.05) is 41.4 Å². The predicted octanol–water partition coefficient (Wildman–Crippen LogP) is 5.49. The molecule has 0 fully saturated rings. The molecule has 3 rings (SSSR count). The van der Waals surface area contributed by atoms with E-state index in [1.54, 1.807) is 0 Å². The standard InChI is InChI=1S/C19H18Cl2N4/c1-13-11-18(24-17-4-2-3-16(21)12-17)25-19(23-13)22-10-9-14-5-7-15(20)8-6-14/h2-8,11-12H,9-10H2,1H3,(H2,22,23,24,25). The van der Waals surface area contributed by atoms with Gasteiger partial charge in [-0.2, -0.15) is 4.98 Å². The Bertz CT molecular complexity index is 850. The Morgan fingerprint density at radius 1 is 0.920 bits per heavy atom. The molecule has 0 saturated heterocycles. The van der Waals surface area contributed by atoms with Crippen LogP contribution in [0.3, 0.4) is 0 Å². The molecule has 1 heterocycles. The van der Waals surface area contributed by atoms with Gasteiger partial charge < -0.3 is 10.6 Å². The van der Waals surface area contributed by atoms with Gasteiger partial charge in [0, 0.05) is 34.0 Å². The molecule has 0 radical (unpaired) electrons. The minimum absolute atomic E-state index is 0.596. The lowest BCUT2D eigenvalue weighted by Gasteiger charge is -2.10. The number of rotatable bonds is 6. The van der Waals surface area contributed by atoms with Crippen LogP contribution < -0.4 is 10.6 Å². The zero-order valence-electron chi connectivity index (χ0n) is 13.8. The number of aryl methyl sites for hydroxylation is 1. The lowest BCUT2D eigenvalue weighted by molar-refractivity contribution is 0.976. The summed E-state index contributed by atoms with van der Waals surface area (Å²) < 4.78 is 0. The van der Waals surface area contributed by atoms with Crippen LogP contribution >= 0.6 is 23.2 Å². The molecule has 0 spiro atoms. The van der Waals surface area contributed by atoms with Crippen molar-refractivity contribution in [1.29, 1.82) is 0 Å². The smallest absolute Gasteiger partial charge is 0.224 e. The summed E-state index contributed by atoms with van der Waals surface area (Å²) in [5.74, 6) is 1.32. The van der Waals surface area contributed by atoms with Gasteiger partial charge in [-0.25, -0.2) is 4.98 Å². The van der Waals surface area contributed by atoms with Gasteiger partial charge in [0.05, 0.1) is 0 Å². The highest BCUT2D eigenvalue weighted by molar-refractivity contribution is 6.31. The normalized spacial score (nSPS) is 10.5. The first-order chi connectivity index (χ1) is 12.1.